The van der Waals surface area contributed by atoms with Gasteiger partial charge in [0.1, 0.15) is 17.2 Å². The van der Waals surface area contributed by atoms with Crippen molar-refractivity contribution in [1.82, 2.24) is 9.78 Å². The Kier molecular flexibility index (Phi) is 6.40. The van der Waals surface area contributed by atoms with E-state index in [0.29, 0.717) is 10.6 Å². The van der Waals surface area contributed by atoms with Crippen LogP contribution in [0.2, 0.25) is 0 Å². The highest BCUT2D eigenvalue weighted by Gasteiger charge is 2.30. The van der Waals surface area contributed by atoms with E-state index in [0.717, 1.165) is 42.3 Å². The van der Waals surface area contributed by atoms with Gasteiger partial charge in [-0.1, -0.05) is 0 Å². The highest BCUT2D eigenvalue weighted by atomic mass is 32.1. The number of ether oxygens (including phenoxy) is 2. The minimum absolute atomic E-state index is 0.174. The van der Waals surface area contributed by atoms with Gasteiger partial charge in [-0.3, -0.25) is 14.9 Å². The maximum atomic E-state index is 12.9. The van der Waals surface area contributed by atoms with Gasteiger partial charge in [0.2, 0.25) is 5.91 Å². The zero-order chi connectivity index (χ0) is 22.0. The van der Waals surface area contributed by atoms with Gasteiger partial charge in [-0.25, -0.2) is 9.48 Å². The third-order valence-electron chi connectivity index (χ3n) is 4.80. The molecule has 1 atom stereocenters. The monoisotopic (exact) mass is 436 g/mol. The SMILES string of the molecule is COc1nn(C(C)C(=O)Nc2sc3c(c2C(=O)OC(C)C)CCCC3)cc1[N+](=O)[O-]. The molecule has 10 nitrogen and oxygen atoms in total. The number of nitro groups is 1. The third-order valence-corrected chi connectivity index (χ3v) is 6.01. The summed E-state index contributed by atoms with van der Waals surface area (Å²) in [7, 11) is 1.27. The average molecular weight is 436 g/mol. The van der Waals surface area contributed by atoms with Gasteiger partial charge < -0.3 is 14.8 Å². The summed E-state index contributed by atoms with van der Waals surface area (Å²) in [5, 5.41) is 18.3. The number of aromatic nitrogens is 2. The molecule has 0 saturated carbocycles. The van der Waals surface area contributed by atoms with Gasteiger partial charge in [-0.15, -0.1) is 16.4 Å². The quantitative estimate of drug-likeness (QED) is 0.400. The minimum Gasteiger partial charge on any atom is -0.475 e. The first kappa shape index (κ1) is 21.8. The fourth-order valence-electron chi connectivity index (χ4n) is 3.31. The molecule has 1 unspecified atom stereocenters. The fraction of sp³-hybridized carbons (Fsp3) is 0.526. The normalized spacial score (nSPS) is 14.2. The molecule has 0 aliphatic heterocycles. The van der Waals surface area contributed by atoms with Crippen molar-refractivity contribution >= 4 is 33.9 Å². The standard InChI is InChI=1S/C19H24N4O6S/c1-10(2)29-19(25)15-12-7-5-6-8-14(12)30-18(15)20-16(24)11(3)22-9-13(23(26)27)17(21-22)28-4/h9-11H,5-8H2,1-4H3,(H,20,24). The number of esters is 1. The molecule has 30 heavy (non-hydrogen) atoms. The number of hydrogen-bond donors (Lipinski definition) is 1. The van der Waals surface area contributed by atoms with Crippen LogP contribution in [0.3, 0.4) is 0 Å². The van der Waals surface area contributed by atoms with Gasteiger partial charge in [-0.2, -0.15) is 0 Å². The molecule has 2 aromatic rings. The number of nitrogens with one attached hydrogen (secondary N) is 1. The van der Waals surface area contributed by atoms with Crippen molar-refractivity contribution < 1.29 is 24.0 Å². The molecular weight excluding hydrogens is 412 g/mol. The molecule has 2 aromatic heterocycles. The van der Waals surface area contributed by atoms with E-state index in [2.05, 4.69) is 10.4 Å². The summed E-state index contributed by atoms with van der Waals surface area (Å²) in [6.07, 6.45) is 4.50. The molecular formula is C19H24N4O6S. The summed E-state index contributed by atoms with van der Waals surface area (Å²) in [4.78, 5) is 37.2. The van der Waals surface area contributed by atoms with Crippen molar-refractivity contribution in [2.75, 3.05) is 12.4 Å². The molecule has 1 amide bonds. The molecule has 3 rings (SSSR count). The largest absolute Gasteiger partial charge is 0.475 e. The van der Waals surface area contributed by atoms with E-state index >= 15 is 0 Å². The predicted molar refractivity (Wildman–Crippen MR) is 110 cm³/mol. The summed E-state index contributed by atoms with van der Waals surface area (Å²) in [6.45, 7) is 5.11. The lowest BCUT2D eigenvalue weighted by Crippen LogP contribution is -2.25. The Balaban J connectivity index is 1.88. The topological polar surface area (TPSA) is 126 Å². The lowest BCUT2D eigenvalue weighted by Gasteiger charge is -2.15. The van der Waals surface area contributed by atoms with E-state index < -0.39 is 22.8 Å². The van der Waals surface area contributed by atoms with Gasteiger partial charge in [0.15, 0.2) is 0 Å². The minimum atomic E-state index is -0.860. The number of fused-ring (bicyclic) bond motifs is 1. The second-order valence-corrected chi connectivity index (χ2v) is 8.40. The molecule has 0 fully saturated rings. The maximum Gasteiger partial charge on any atom is 0.350 e. The van der Waals surface area contributed by atoms with Crippen LogP contribution in [0, 0.1) is 10.1 Å². The van der Waals surface area contributed by atoms with E-state index in [-0.39, 0.29) is 17.7 Å². The number of aryl methyl sites for hydroxylation is 1. The molecule has 2 heterocycles. The highest BCUT2D eigenvalue weighted by Crippen LogP contribution is 2.39. The van der Waals surface area contributed by atoms with E-state index in [1.54, 1.807) is 20.8 Å². The van der Waals surface area contributed by atoms with E-state index in [1.807, 2.05) is 0 Å². The second-order valence-electron chi connectivity index (χ2n) is 7.30. The number of rotatable bonds is 7. The molecule has 11 heteroatoms. The van der Waals surface area contributed by atoms with Crippen LogP contribution in [0.5, 0.6) is 5.88 Å². The first-order chi connectivity index (χ1) is 14.2. The molecule has 1 aliphatic rings. The smallest absolute Gasteiger partial charge is 0.350 e. The maximum absolute atomic E-state index is 12.9. The van der Waals surface area contributed by atoms with Gasteiger partial charge in [0, 0.05) is 4.88 Å². The molecule has 0 saturated heterocycles. The van der Waals surface area contributed by atoms with Crippen molar-refractivity contribution in [2.45, 2.75) is 58.6 Å². The van der Waals surface area contributed by atoms with Crippen molar-refractivity contribution in [3.05, 3.63) is 32.3 Å². The van der Waals surface area contributed by atoms with Crippen LogP contribution < -0.4 is 10.1 Å². The first-order valence-corrected chi connectivity index (χ1v) is 10.5. The zero-order valence-corrected chi connectivity index (χ0v) is 18.1. The van der Waals surface area contributed by atoms with Gasteiger partial charge in [0.25, 0.3) is 0 Å². The Hall–Kier alpha value is -2.95. The molecule has 162 valence electrons. The van der Waals surface area contributed by atoms with Crippen LogP contribution in [-0.4, -0.2) is 39.8 Å². The number of anilines is 1. The Morgan fingerprint density at radius 3 is 2.60 bits per heavy atom. The Labute approximate surface area is 177 Å². The number of carbonyl (C=O) groups excluding carboxylic acids is 2. The molecule has 0 bridgehead atoms. The van der Waals surface area contributed by atoms with Crippen LogP contribution in [0.1, 0.15) is 60.5 Å². The van der Waals surface area contributed by atoms with Crippen LogP contribution in [0.25, 0.3) is 0 Å². The summed E-state index contributed by atoms with van der Waals surface area (Å²) < 4.78 is 11.5. The van der Waals surface area contributed by atoms with Crippen molar-refractivity contribution in [3.8, 4) is 5.88 Å². The lowest BCUT2D eigenvalue weighted by molar-refractivity contribution is -0.385. The first-order valence-electron chi connectivity index (χ1n) is 9.66. The summed E-state index contributed by atoms with van der Waals surface area (Å²) >= 11 is 1.38. The van der Waals surface area contributed by atoms with Crippen LogP contribution in [-0.2, 0) is 22.4 Å². The average Bonchev–Trinajstić information content (AvgIpc) is 3.28. The van der Waals surface area contributed by atoms with E-state index in [9.17, 15) is 19.7 Å². The fourth-order valence-corrected chi connectivity index (χ4v) is 4.59. The van der Waals surface area contributed by atoms with E-state index in [4.69, 9.17) is 9.47 Å². The Morgan fingerprint density at radius 2 is 2.00 bits per heavy atom. The van der Waals surface area contributed by atoms with Gasteiger partial charge in [-0.05, 0) is 52.0 Å². The number of methoxy groups -OCH3 is 1. The van der Waals surface area contributed by atoms with Gasteiger partial charge >= 0.3 is 17.5 Å². The number of nitrogens with zero attached hydrogens (tertiary/aromatic N) is 3. The van der Waals surface area contributed by atoms with Gasteiger partial charge in [0.05, 0.1) is 23.7 Å². The lowest BCUT2D eigenvalue weighted by atomic mass is 9.95. The number of hydrogen-bond acceptors (Lipinski definition) is 8. The number of carbonyl (C=O) groups is 2. The molecule has 0 aromatic carbocycles. The summed E-state index contributed by atoms with van der Waals surface area (Å²) in [5.41, 5.74) is 1.02. The molecule has 0 spiro atoms. The molecule has 1 N–H and O–H groups in total. The van der Waals surface area contributed by atoms with Crippen LogP contribution in [0.4, 0.5) is 10.7 Å². The Morgan fingerprint density at radius 1 is 1.30 bits per heavy atom. The number of amides is 1. The predicted octanol–water partition coefficient (Wildman–Crippen LogP) is 3.51. The summed E-state index contributed by atoms with van der Waals surface area (Å²) in [5.74, 6) is -1.08. The zero-order valence-electron chi connectivity index (χ0n) is 17.3. The second kappa shape index (κ2) is 8.82. The van der Waals surface area contributed by atoms with Crippen molar-refractivity contribution in [2.24, 2.45) is 0 Å². The van der Waals surface area contributed by atoms with Crippen LogP contribution in [0.15, 0.2) is 6.20 Å². The van der Waals surface area contributed by atoms with Crippen LogP contribution >= 0.6 is 11.3 Å². The van der Waals surface area contributed by atoms with E-state index in [1.165, 1.54) is 23.1 Å². The molecule has 0 radical (unpaired) electrons. The van der Waals surface area contributed by atoms with Crippen molar-refractivity contribution in [1.29, 1.82) is 0 Å². The molecule has 1 aliphatic carbocycles. The van der Waals surface area contributed by atoms with Crippen molar-refractivity contribution in [3.63, 3.8) is 0 Å². The third kappa shape index (κ3) is 4.30. The Bertz CT molecular complexity index is 980. The summed E-state index contributed by atoms with van der Waals surface area (Å²) in [6, 6.07) is -0.860. The highest BCUT2D eigenvalue weighted by molar-refractivity contribution is 7.17. The number of thiophene rings is 1.